The van der Waals surface area contributed by atoms with E-state index in [0.29, 0.717) is 6.61 Å². The van der Waals surface area contributed by atoms with Crippen LogP contribution in [0.5, 0.6) is 5.75 Å². The van der Waals surface area contributed by atoms with Crippen molar-refractivity contribution in [3.63, 3.8) is 0 Å². The van der Waals surface area contributed by atoms with Crippen molar-refractivity contribution in [2.45, 2.75) is 20.3 Å². The van der Waals surface area contributed by atoms with Crippen LogP contribution in [0.25, 0.3) is 0 Å². The molecule has 0 saturated heterocycles. The second-order valence-corrected chi connectivity index (χ2v) is 5.50. The Morgan fingerprint density at radius 1 is 1.15 bits per heavy atom. The lowest BCUT2D eigenvalue weighted by atomic mass is 9.88. The molecule has 0 fully saturated rings. The van der Waals surface area contributed by atoms with Gasteiger partial charge in [-0.2, -0.15) is 0 Å². The van der Waals surface area contributed by atoms with Gasteiger partial charge >= 0.3 is 0 Å². The number of ketones is 1. The highest BCUT2D eigenvalue weighted by molar-refractivity contribution is 5.99. The van der Waals surface area contributed by atoms with Gasteiger partial charge in [-0.1, -0.05) is 42.0 Å². The molecule has 3 rings (SSSR count). The SMILES string of the molecule is Cc1ccc(C(=O)C2COc3ccccc3C2)c(C)c1. The molecule has 2 heteroatoms. The quantitative estimate of drug-likeness (QED) is 0.774. The van der Waals surface area contributed by atoms with E-state index in [1.807, 2.05) is 50.2 Å². The summed E-state index contributed by atoms with van der Waals surface area (Å²) in [5.74, 6) is 1.03. The maximum atomic E-state index is 12.7. The van der Waals surface area contributed by atoms with Crippen molar-refractivity contribution in [2.24, 2.45) is 5.92 Å². The Bertz CT molecular complexity index is 658. The number of Topliss-reactive ketones (excluding diaryl/α,β-unsaturated/α-hetero) is 1. The van der Waals surface area contributed by atoms with E-state index in [9.17, 15) is 4.79 Å². The van der Waals surface area contributed by atoms with Gasteiger partial charge in [-0.05, 0) is 37.5 Å². The van der Waals surface area contributed by atoms with Crippen LogP contribution in [-0.2, 0) is 6.42 Å². The Hall–Kier alpha value is -2.09. The molecule has 2 aromatic rings. The van der Waals surface area contributed by atoms with Gasteiger partial charge in [0.2, 0.25) is 0 Å². The zero-order valence-electron chi connectivity index (χ0n) is 11.8. The van der Waals surface area contributed by atoms with Crippen LogP contribution in [0.15, 0.2) is 42.5 Å². The molecule has 0 N–H and O–H groups in total. The lowest BCUT2D eigenvalue weighted by Crippen LogP contribution is -2.28. The summed E-state index contributed by atoms with van der Waals surface area (Å²) < 4.78 is 5.72. The summed E-state index contributed by atoms with van der Waals surface area (Å²) >= 11 is 0. The monoisotopic (exact) mass is 266 g/mol. The number of carbonyl (C=O) groups is 1. The summed E-state index contributed by atoms with van der Waals surface area (Å²) in [4.78, 5) is 12.7. The van der Waals surface area contributed by atoms with Gasteiger partial charge < -0.3 is 4.74 Å². The van der Waals surface area contributed by atoms with Crippen molar-refractivity contribution in [3.05, 3.63) is 64.7 Å². The van der Waals surface area contributed by atoms with Crippen molar-refractivity contribution in [3.8, 4) is 5.75 Å². The van der Waals surface area contributed by atoms with Crippen LogP contribution in [0.1, 0.15) is 27.0 Å². The van der Waals surface area contributed by atoms with Crippen LogP contribution in [0, 0.1) is 19.8 Å². The fourth-order valence-corrected chi connectivity index (χ4v) is 2.81. The zero-order chi connectivity index (χ0) is 14.1. The Balaban J connectivity index is 1.86. The molecule has 0 aromatic heterocycles. The molecule has 1 heterocycles. The Kier molecular flexibility index (Phi) is 3.31. The van der Waals surface area contributed by atoms with Gasteiger partial charge in [-0.3, -0.25) is 4.79 Å². The number of aryl methyl sites for hydroxylation is 2. The molecule has 0 saturated carbocycles. The molecular formula is C18H18O2. The van der Waals surface area contributed by atoms with Crippen molar-refractivity contribution in [1.82, 2.24) is 0 Å². The lowest BCUT2D eigenvalue weighted by molar-refractivity contribution is 0.0854. The molecule has 0 bridgehead atoms. The highest BCUT2D eigenvalue weighted by Gasteiger charge is 2.27. The topological polar surface area (TPSA) is 26.3 Å². The summed E-state index contributed by atoms with van der Waals surface area (Å²) in [5.41, 5.74) is 4.18. The highest BCUT2D eigenvalue weighted by Crippen LogP contribution is 2.29. The Morgan fingerprint density at radius 2 is 1.95 bits per heavy atom. The van der Waals surface area contributed by atoms with E-state index in [4.69, 9.17) is 4.74 Å². The van der Waals surface area contributed by atoms with Gasteiger partial charge in [0, 0.05) is 5.56 Å². The third kappa shape index (κ3) is 2.34. The molecular weight excluding hydrogens is 248 g/mol. The number of ether oxygens (including phenoxy) is 1. The number of hydrogen-bond acceptors (Lipinski definition) is 2. The van der Waals surface area contributed by atoms with Crippen molar-refractivity contribution >= 4 is 5.78 Å². The Labute approximate surface area is 119 Å². The van der Waals surface area contributed by atoms with Crippen LogP contribution in [0.2, 0.25) is 0 Å². The van der Waals surface area contributed by atoms with Crippen LogP contribution in [0.3, 0.4) is 0 Å². The van der Waals surface area contributed by atoms with Crippen LogP contribution < -0.4 is 4.74 Å². The molecule has 2 nitrogen and oxygen atoms in total. The summed E-state index contributed by atoms with van der Waals surface area (Å²) in [6, 6.07) is 14.0. The average molecular weight is 266 g/mol. The van der Waals surface area contributed by atoms with E-state index in [1.165, 1.54) is 5.56 Å². The van der Waals surface area contributed by atoms with Crippen molar-refractivity contribution in [2.75, 3.05) is 6.61 Å². The third-order valence-electron chi connectivity index (χ3n) is 3.90. The minimum Gasteiger partial charge on any atom is -0.493 e. The molecule has 20 heavy (non-hydrogen) atoms. The van der Waals surface area contributed by atoms with Crippen molar-refractivity contribution in [1.29, 1.82) is 0 Å². The normalized spacial score (nSPS) is 17.2. The highest BCUT2D eigenvalue weighted by atomic mass is 16.5. The molecule has 1 aliphatic heterocycles. The van der Waals surface area contributed by atoms with Crippen LogP contribution in [-0.4, -0.2) is 12.4 Å². The first kappa shape index (κ1) is 12.9. The van der Waals surface area contributed by atoms with Gasteiger partial charge in [-0.25, -0.2) is 0 Å². The van der Waals surface area contributed by atoms with E-state index >= 15 is 0 Å². The maximum Gasteiger partial charge on any atom is 0.169 e. The number of hydrogen-bond donors (Lipinski definition) is 0. The standard InChI is InChI=1S/C18H18O2/c1-12-7-8-16(13(2)9-12)18(19)15-10-14-5-3-4-6-17(14)20-11-15/h3-9,15H,10-11H2,1-2H3. The molecule has 102 valence electrons. The van der Waals surface area contributed by atoms with Gasteiger partial charge in [-0.15, -0.1) is 0 Å². The number of fused-ring (bicyclic) bond motifs is 1. The molecule has 0 aliphatic carbocycles. The smallest absolute Gasteiger partial charge is 0.169 e. The third-order valence-corrected chi connectivity index (χ3v) is 3.90. The predicted octanol–water partition coefficient (Wildman–Crippen LogP) is 3.74. The van der Waals surface area contributed by atoms with Gasteiger partial charge in [0.1, 0.15) is 5.75 Å². The first-order valence-electron chi connectivity index (χ1n) is 6.97. The van der Waals surface area contributed by atoms with E-state index in [-0.39, 0.29) is 11.7 Å². The molecule has 1 unspecified atom stereocenters. The minimum atomic E-state index is -0.0775. The van der Waals surface area contributed by atoms with Crippen LogP contribution >= 0.6 is 0 Å². The molecule has 2 aromatic carbocycles. The summed E-state index contributed by atoms with van der Waals surface area (Å²) in [6.45, 7) is 4.52. The molecule has 0 amide bonds. The number of benzene rings is 2. The van der Waals surface area contributed by atoms with E-state index in [2.05, 4.69) is 6.07 Å². The summed E-state index contributed by atoms with van der Waals surface area (Å²) in [5, 5.41) is 0. The zero-order valence-corrected chi connectivity index (χ0v) is 11.8. The Morgan fingerprint density at radius 3 is 2.75 bits per heavy atom. The number of carbonyl (C=O) groups excluding carboxylic acids is 1. The summed E-state index contributed by atoms with van der Waals surface area (Å²) in [6.07, 6.45) is 0.766. The fraction of sp³-hybridized carbons (Fsp3) is 0.278. The predicted molar refractivity (Wildman–Crippen MR) is 79.4 cm³/mol. The number of para-hydroxylation sites is 1. The molecule has 1 atom stereocenters. The van der Waals surface area contributed by atoms with Crippen molar-refractivity contribution < 1.29 is 9.53 Å². The maximum absolute atomic E-state index is 12.7. The first-order chi connectivity index (χ1) is 9.65. The number of rotatable bonds is 2. The van der Waals surface area contributed by atoms with E-state index < -0.39 is 0 Å². The van der Waals surface area contributed by atoms with E-state index in [0.717, 1.165) is 28.9 Å². The lowest BCUT2D eigenvalue weighted by Gasteiger charge is -2.24. The fourth-order valence-electron chi connectivity index (χ4n) is 2.81. The average Bonchev–Trinajstić information content (AvgIpc) is 2.46. The van der Waals surface area contributed by atoms with Gasteiger partial charge in [0.25, 0.3) is 0 Å². The van der Waals surface area contributed by atoms with E-state index in [1.54, 1.807) is 0 Å². The second-order valence-electron chi connectivity index (χ2n) is 5.50. The van der Waals surface area contributed by atoms with Gasteiger partial charge in [0.05, 0.1) is 12.5 Å². The molecule has 0 spiro atoms. The largest absolute Gasteiger partial charge is 0.493 e. The molecule has 1 aliphatic rings. The minimum absolute atomic E-state index is 0.0775. The van der Waals surface area contributed by atoms with Crippen LogP contribution in [0.4, 0.5) is 0 Å². The first-order valence-corrected chi connectivity index (χ1v) is 6.97. The van der Waals surface area contributed by atoms with Gasteiger partial charge in [0.15, 0.2) is 5.78 Å². The molecule has 0 radical (unpaired) electrons. The summed E-state index contributed by atoms with van der Waals surface area (Å²) in [7, 11) is 0. The second kappa shape index (κ2) is 5.12.